The van der Waals surface area contributed by atoms with Crippen LogP contribution in [0.2, 0.25) is 0 Å². The molecule has 6 aromatic rings. The van der Waals surface area contributed by atoms with E-state index in [4.69, 9.17) is 0 Å². The van der Waals surface area contributed by atoms with Crippen LogP contribution in [0.15, 0.2) is 165 Å². The van der Waals surface area contributed by atoms with Crippen molar-refractivity contribution in [2.24, 2.45) is 0 Å². The molecule has 0 N–H and O–H groups in total. The van der Waals surface area contributed by atoms with Crippen LogP contribution in [0.5, 0.6) is 0 Å². The number of rotatable bonds is 11. The van der Waals surface area contributed by atoms with Gasteiger partial charge in [0.05, 0.1) is 64.0 Å². The number of fused-ring (bicyclic) bond motifs is 4. The molecule has 4 nitrogen and oxygen atoms in total. The molecule has 8 rings (SSSR count). The summed E-state index contributed by atoms with van der Waals surface area (Å²) in [7, 11) is 9.33. The fourth-order valence-corrected chi connectivity index (χ4v) is 9.86. The SMILES string of the molecule is C[N+](C)(CCCN1c2ccccc2Sc2ccccc21)c1ccc(-c2ccc([N+](C)(C)CCCN3c4ccccc4Sc4ccccc43)cc2)cc1. The monoisotopic (exact) mass is 720 g/mol. The van der Waals surface area contributed by atoms with Crippen molar-refractivity contribution in [3.63, 3.8) is 0 Å². The summed E-state index contributed by atoms with van der Waals surface area (Å²) < 4.78 is 1.70. The lowest BCUT2D eigenvalue weighted by molar-refractivity contribution is 0.392. The van der Waals surface area contributed by atoms with E-state index in [0.29, 0.717) is 0 Å². The van der Waals surface area contributed by atoms with Crippen LogP contribution in [-0.4, -0.2) is 54.4 Å². The summed E-state index contributed by atoms with van der Waals surface area (Å²) in [5.41, 5.74) is 10.5. The van der Waals surface area contributed by atoms with Crippen molar-refractivity contribution in [1.29, 1.82) is 0 Å². The van der Waals surface area contributed by atoms with Crippen LogP contribution in [0.1, 0.15) is 12.8 Å². The molecule has 2 aliphatic rings. The van der Waals surface area contributed by atoms with Crippen molar-refractivity contribution >= 4 is 57.6 Å². The maximum absolute atomic E-state index is 2.51. The molecule has 0 aliphatic carbocycles. The van der Waals surface area contributed by atoms with Crippen LogP contribution in [0.4, 0.5) is 34.1 Å². The van der Waals surface area contributed by atoms with Gasteiger partial charge in [0.15, 0.2) is 0 Å². The lowest BCUT2D eigenvalue weighted by atomic mass is 10.0. The van der Waals surface area contributed by atoms with Gasteiger partial charge < -0.3 is 9.80 Å². The minimum absolute atomic E-state index is 0.851. The minimum atomic E-state index is 0.851. The van der Waals surface area contributed by atoms with E-state index in [0.717, 1.165) is 48.0 Å². The summed E-state index contributed by atoms with van der Waals surface area (Å²) >= 11 is 3.76. The first-order valence-corrected chi connectivity index (χ1v) is 20.0. The molecule has 0 amide bonds. The van der Waals surface area contributed by atoms with Gasteiger partial charge in [0.1, 0.15) is 11.4 Å². The Bertz CT molecular complexity index is 1930. The quantitative estimate of drug-likeness (QED) is 0.123. The highest BCUT2D eigenvalue weighted by Gasteiger charge is 2.27. The van der Waals surface area contributed by atoms with Crippen molar-refractivity contribution in [3.8, 4) is 11.1 Å². The zero-order valence-electron chi connectivity index (χ0n) is 30.7. The Hall–Kier alpha value is -4.46. The highest BCUT2D eigenvalue weighted by atomic mass is 32.2. The molecule has 0 saturated carbocycles. The zero-order chi connectivity index (χ0) is 35.7. The van der Waals surface area contributed by atoms with Crippen LogP contribution in [0, 0.1) is 0 Å². The van der Waals surface area contributed by atoms with E-state index in [1.54, 1.807) is 0 Å². The van der Waals surface area contributed by atoms with E-state index in [1.807, 2.05) is 23.5 Å². The number of anilines is 4. The first kappa shape index (κ1) is 34.6. The van der Waals surface area contributed by atoms with Gasteiger partial charge in [-0.25, -0.2) is 0 Å². The van der Waals surface area contributed by atoms with Crippen LogP contribution < -0.4 is 18.8 Å². The van der Waals surface area contributed by atoms with E-state index in [2.05, 4.69) is 184 Å². The molecule has 6 heteroatoms. The third-order valence-corrected chi connectivity index (χ3v) is 13.0. The Morgan fingerprint density at radius 3 is 0.981 bits per heavy atom. The van der Waals surface area contributed by atoms with Gasteiger partial charge in [0, 0.05) is 45.5 Å². The topological polar surface area (TPSA) is 6.48 Å². The van der Waals surface area contributed by atoms with E-state index in [-0.39, 0.29) is 0 Å². The summed E-state index contributed by atoms with van der Waals surface area (Å²) in [6.07, 6.45) is 2.19. The first-order valence-electron chi connectivity index (χ1n) is 18.4. The molecule has 0 aromatic heterocycles. The smallest absolute Gasteiger partial charge is 0.132 e. The molecule has 6 aromatic carbocycles. The molecule has 0 fully saturated rings. The molecule has 0 saturated heterocycles. The summed E-state index contributed by atoms with van der Waals surface area (Å²) in [5.74, 6) is 0. The lowest BCUT2D eigenvalue weighted by Gasteiger charge is -2.35. The zero-order valence-corrected chi connectivity index (χ0v) is 32.3. The number of nitrogens with zero attached hydrogens (tertiary/aromatic N) is 4. The van der Waals surface area contributed by atoms with Crippen LogP contribution in [0.25, 0.3) is 11.1 Å². The molecule has 0 atom stereocenters. The molecule has 0 radical (unpaired) electrons. The second kappa shape index (κ2) is 14.5. The summed E-state index contributed by atoms with van der Waals surface area (Å²) in [4.78, 5) is 10.4. The first-order chi connectivity index (χ1) is 25.3. The fraction of sp³-hybridized carbons (Fsp3) is 0.217. The van der Waals surface area contributed by atoms with Gasteiger partial charge in [-0.3, -0.25) is 8.97 Å². The maximum Gasteiger partial charge on any atom is 0.132 e. The average molecular weight is 721 g/mol. The Balaban J connectivity index is 0.886. The van der Waals surface area contributed by atoms with Crippen molar-refractivity contribution in [2.75, 3.05) is 64.2 Å². The predicted octanol–water partition coefficient (Wildman–Crippen LogP) is 11.9. The number of para-hydroxylation sites is 4. The molecule has 2 aliphatic heterocycles. The third-order valence-electron chi connectivity index (χ3n) is 10.7. The average Bonchev–Trinajstić information content (AvgIpc) is 3.17. The molecule has 2 heterocycles. The van der Waals surface area contributed by atoms with Crippen molar-refractivity contribution in [2.45, 2.75) is 32.4 Å². The molecular formula is C46H48N4S2+2. The van der Waals surface area contributed by atoms with Gasteiger partial charge >= 0.3 is 0 Å². The molecule has 0 spiro atoms. The Kier molecular flexibility index (Phi) is 9.66. The molecular weight excluding hydrogens is 673 g/mol. The Labute approximate surface area is 318 Å². The van der Waals surface area contributed by atoms with Gasteiger partial charge in [-0.1, -0.05) is 72.1 Å². The Morgan fingerprint density at radius 2 is 0.673 bits per heavy atom. The van der Waals surface area contributed by atoms with Crippen molar-refractivity contribution < 1.29 is 0 Å². The summed E-state index contributed by atoms with van der Waals surface area (Å²) in [5, 5.41) is 0. The van der Waals surface area contributed by atoms with Crippen molar-refractivity contribution in [1.82, 2.24) is 8.97 Å². The molecule has 262 valence electrons. The molecule has 0 unspecified atom stereocenters. The second-order valence-corrected chi connectivity index (χ2v) is 17.2. The number of hydrogen-bond acceptors (Lipinski definition) is 4. The second-order valence-electron chi connectivity index (χ2n) is 15.0. The number of hydrogen-bond donors (Lipinski definition) is 0. The molecule has 52 heavy (non-hydrogen) atoms. The fourth-order valence-electron chi connectivity index (χ4n) is 7.67. The highest BCUT2D eigenvalue weighted by molar-refractivity contribution is 8.00. The van der Waals surface area contributed by atoms with Gasteiger partial charge in [-0.15, -0.1) is 0 Å². The van der Waals surface area contributed by atoms with Gasteiger partial charge in [-0.05, 0) is 108 Å². The van der Waals surface area contributed by atoms with Gasteiger partial charge in [-0.2, -0.15) is 0 Å². The normalized spacial score (nSPS) is 13.6. The number of quaternary nitrogens is 2. The van der Waals surface area contributed by atoms with Crippen LogP contribution in [0.3, 0.4) is 0 Å². The summed E-state index contributed by atoms with van der Waals surface area (Å²) in [6.45, 7) is 4.11. The van der Waals surface area contributed by atoms with Gasteiger partial charge in [0.25, 0.3) is 0 Å². The number of benzene rings is 6. The van der Waals surface area contributed by atoms with E-state index in [1.165, 1.54) is 64.8 Å². The lowest BCUT2D eigenvalue weighted by Crippen LogP contribution is -2.42. The summed E-state index contributed by atoms with van der Waals surface area (Å²) in [6, 6.07) is 53.7. The standard InChI is InChI=1S/C46H48N4S2/c1-49(2,33-13-31-47-39-15-5-9-19-43(39)51-44-20-10-6-16-40(44)47)37-27-23-35(24-28-37)36-25-29-38(30-26-36)50(3,4)34-14-32-48-41-17-7-11-21-45(41)52-46-22-12-8-18-42(46)48/h5-12,15-30H,13-14,31-34H2,1-4H3/q+2. The van der Waals surface area contributed by atoms with Gasteiger partial charge in [0.2, 0.25) is 0 Å². The minimum Gasteiger partial charge on any atom is -0.339 e. The van der Waals surface area contributed by atoms with E-state index in [9.17, 15) is 0 Å². The Morgan fingerprint density at radius 1 is 0.385 bits per heavy atom. The highest BCUT2D eigenvalue weighted by Crippen LogP contribution is 2.49. The molecule has 0 bridgehead atoms. The van der Waals surface area contributed by atoms with E-state index >= 15 is 0 Å². The predicted molar refractivity (Wildman–Crippen MR) is 226 cm³/mol. The maximum atomic E-state index is 2.51. The van der Waals surface area contributed by atoms with Crippen molar-refractivity contribution in [3.05, 3.63) is 146 Å². The van der Waals surface area contributed by atoms with Crippen LogP contribution >= 0.6 is 23.5 Å². The van der Waals surface area contributed by atoms with Crippen LogP contribution in [-0.2, 0) is 0 Å². The van der Waals surface area contributed by atoms with E-state index < -0.39 is 0 Å². The largest absolute Gasteiger partial charge is 0.339 e. The third kappa shape index (κ3) is 7.01.